The Morgan fingerprint density at radius 2 is 2.17 bits per heavy atom. The Balaban J connectivity index is 1.67. The molecule has 1 atom stereocenters. The molecule has 5 heteroatoms. The molecule has 2 heterocycles. The molecule has 0 saturated carbocycles. The molecule has 132 valence electrons. The minimum Gasteiger partial charge on any atom is -0.444 e. The predicted molar refractivity (Wildman–Crippen MR) is 100 cm³/mol. The Hall–Kier alpha value is -1.36. The van der Waals surface area contributed by atoms with Crippen LogP contribution in [0.15, 0.2) is 17.0 Å². The van der Waals surface area contributed by atoms with E-state index in [4.69, 9.17) is 4.74 Å². The van der Waals surface area contributed by atoms with Gasteiger partial charge in [0.25, 0.3) is 0 Å². The molecule has 1 aromatic rings. The fourth-order valence-electron chi connectivity index (χ4n) is 3.50. The van der Waals surface area contributed by atoms with E-state index in [-0.39, 0.29) is 12.1 Å². The van der Waals surface area contributed by atoms with Crippen molar-refractivity contribution in [2.24, 2.45) is 0 Å². The van der Waals surface area contributed by atoms with Gasteiger partial charge in [-0.3, -0.25) is 0 Å². The summed E-state index contributed by atoms with van der Waals surface area (Å²) in [5, 5.41) is 2.97. The number of ether oxygens (including phenoxy) is 1. The van der Waals surface area contributed by atoms with E-state index < -0.39 is 5.60 Å². The number of nitrogens with one attached hydrogen (secondary N) is 1. The average molecular weight is 349 g/mol. The molecular formula is C19H28N2O2S. The zero-order chi connectivity index (χ0) is 17.3. The third-order valence-electron chi connectivity index (χ3n) is 4.38. The van der Waals surface area contributed by atoms with Crippen LogP contribution in [0.5, 0.6) is 0 Å². The van der Waals surface area contributed by atoms with E-state index in [1.807, 2.05) is 39.5 Å². The van der Waals surface area contributed by atoms with Gasteiger partial charge in [-0.2, -0.15) is 0 Å². The summed E-state index contributed by atoms with van der Waals surface area (Å²) < 4.78 is 5.36. The lowest BCUT2D eigenvalue weighted by Gasteiger charge is -2.29. The smallest absolute Gasteiger partial charge is 0.407 e. The van der Waals surface area contributed by atoms with Crippen LogP contribution in [0.3, 0.4) is 0 Å². The molecule has 2 aliphatic heterocycles. The standard InChI is InChI=1S/C19H28N2O2S/c1-13(20-18(22)23-19(2,3)4)12-21-10-9-14-7-8-16-15(17(14)21)6-5-11-24-16/h7-8,13H,5-6,9-12H2,1-4H3,(H,20,22)/t13-/m0/s1. The highest BCUT2D eigenvalue weighted by atomic mass is 32.2. The quantitative estimate of drug-likeness (QED) is 0.896. The Morgan fingerprint density at radius 1 is 1.38 bits per heavy atom. The molecule has 0 aromatic heterocycles. The van der Waals surface area contributed by atoms with E-state index in [0.29, 0.717) is 0 Å². The van der Waals surface area contributed by atoms with Crippen molar-refractivity contribution in [3.05, 3.63) is 23.3 Å². The molecule has 0 unspecified atom stereocenters. The largest absolute Gasteiger partial charge is 0.444 e. The van der Waals surface area contributed by atoms with Crippen LogP contribution in [0.2, 0.25) is 0 Å². The molecule has 0 radical (unpaired) electrons. The second-order valence-electron chi connectivity index (χ2n) is 7.75. The van der Waals surface area contributed by atoms with Gasteiger partial charge in [0.05, 0.1) is 0 Å². The zero-order valence-electron chi connectivity index (χ0n) is 15.1. The Bertz CT molecular complexity index is 625. The summed E-state index contributed by atoms with van der Waals surface area (Å²) in [7, 11) is 0. The summed E-state index contributed by atoms with van der Waals surface area (Å²) in [5.41, 5.74) is 3.95. The molecule has 0 bridgehead atoms. The van der Waals surface area contributed by atoms with E-state index in [9.17, 15) is 4.79 Å². The molecule has 0 spiro atoms. The number of carbonyl (C=O) groups excluding carboxylic acids is 1. The van der Waals surface area contributed by atoms with Crippen molar-refractivity contribution in [1.29, 1.82) is 0 Å². The minimum absolute atomic E-state index is 0.0536. The molecule has 3 rings (SSSR count). The molecule has 4 nitrogen and oxygen atoms in total. The van der Waals surface area contributed by atoms with Crippen LogP contribution in [-0.4, -0.2) is 36.6 Å². The summed E-state index contributed by atoms with van der Waals surface area (Å²) in [6.07, 6.45) is 3.20. The number of benzene rings is 1. The number of thioether (sulfide) groups is 1. The Morgan fingerprint density at radius 3 is 2.92 bits per heavy atom. The van der Waals surface area contributed by atoms with Gasteiger partial charge in [-0.05, 0) is 69.9 Å². The third-order valence-corrected chi connectivity index (χ3v) is 5.56. The fourth-order valence-corrected chi connectivity index (χ4v) is 4.55. The molecule has 1 N–H and O–H groups in total. The highest BCUT2D eigenvalue weighted by Gasteiger charge is 2.27. The molecule has 0 fully saturated rings. The summed E-state index contributed by atoms with van der Waals surface area (Å²) >= 11 is 1.98. The maximum Gasteiger partial charge on any atom is 0.407 e. The van der Waals surface area contributed by atoms with E-state index in [0.717, 1.165) is 19.5 Å². The number of fused-ring (bicyclic) bond motifs is 3. The molecule has 2 aliphatic rings. The zero-order valence-corrected chi connectivity index (χ0v) is 16.0. The lowest BCUT2D eigenvalue weighted by molar-refractivity contribution is 0.0510. The summed E-state index contributed by atoms with van der Waals surface area (Å²) in [5.74, 6) is 1.22. The first-order valence-corrected chi connectivity index (χ1v) is 9.84. The fraction of sp³-hybridized carbons (Fsp3) is 0.632. The van der Waals surface area contributed by atoms with Gasteiger partial charge in [0.2, 0.25) is 0 Å². The first-order valence-electron chi connectivity index (χ1n) is 8.85. The Labute approximate surface area is 149 Å². The molecule has 24 heavy (non-hydrogen) atoms. The van der Waals surface area contributed by atoms with Gasteiger partial charge in [-0.1, -0.05) is 6.07 Å². The van der Waals surface area contributed by atoms with Crippen molar-refractivity contribution in [3.8, 4) is 0 Å². The van der Waals surface area contributed by atoms with Crippen molar-refractivity contribution in [1.82, 2.24) is 5.32 Å². The second kappa shape index (κ2) is 6.87. The minimum atomic E-state index is -0.458. The number of hydrogen-bond acceptors (Lipinski definition) is 4. The molecular weight excluding hydrogens is 320 g/mol. The van der Waals surface area contributed by atoms with Gasteiger partial charge in [-0.25, -0.2) is 4.79 Å². The summed E-state index contributed by atoms with van der Waals surface area (Å²) in [6, 6.07) is 4.64. The van der Waals surface area contributed by atoms with Crippen LogP contribution in [0, 0.1) is 0 Å². The Kier molecular flexibility index (Phi) is 5.00. The molecule has 0 aliphatic carbocycles. The van der Waals surface area contributed by atoms with Crippen molar-refractivity contribution in [3.63, 3.8) is 0 Å². The van der Waals surface area contributed by atoms with Crippen LogP contribution >= 0.6 is 11.8 Å². The highest BCUT2D eigenvalue weighted by Crippen LogP contribution is 2.41. The summed E-state index contributed by atoms with van der Waals surface area (Å²) in [6.45, 7) is 9.57. The highest BCUT2D eigenvalue weighted by molar-refractivity contribution is 7.99. The third kappa shape index (κ3) is 4.00. The van der Waals surface area contributed by atoms with Gasteiger partial charge < -0.3 is 15.0 Å². The van der Waals surface area contributed by atoms with Gasteiger partial charge in [-0.15, -0.1) is 11.8 Å². The van der Waals surface area contributed by atoms with Gasteiger partial charge in [0.1, 0.15) is 5.60 Å². The van der Waals surface area contributed by atoms with Crippen molar-refractivity contribution < 1.29 is 9.53 Å². The number of amides is 1. The SMILES string of the molecule is C[C@@H](CN1CCc2ccc3c(c21)CCCS3)NC(=O)OC(C)(C)C. The molecule has 0 saturated heterocycles. The van der Waals surface area contributed by atoms with Gasteiger partial charge in [0, 0.05) is 29.7 Å². The second-order valence-corrected chi connectivity index (χ2v) is 8.88. The number of alkyl carbamates (subject to hydrolysis) is 1. The molecule has 1 aromatic carbocycles. The van der Waals surface area contributed by atoms with Crippen LogP contribution < -0.4 is 10.2 Å². The first-order chi connectivity index (χ1) is 11.3. The van der Waals surface area contributed by atoms with Crippen molar-refractivity contribution in [2.75, 3.05) is 23.7 Å². The van der Waals surface area contributed by atoms with Crippen molar-refractivity contribution >= 4 is 23.5 Å². The number of rotatable bonds is 3. The molecule has 1 amide bonds. The summed E-state index contributed by atoms with van der Waals surface area (Å²) in [4.78, 5) is 15.9. The number of hydrogen-bond donors (Lipinski definition) is 1. The van der Waals surface area contributed by atoms with Crippen LogP contribution in [0.1, 0.15) is 45.2 Å². The normalized spacial score (nSPS) is 17.9. The lowest BCUT2D eigenvalue weighted by Crippen LogP contribution is -2.43. The maximum absolute atomic E-state index is 12.0. The topological polar surface area (TPSA) is 41.6 Å². The van der Waals surface area contributed by atoms with E-state index >= 15 is 0 Å². The number of carbonyl (C=O) groups is 1. The monoisotopic (exact) mass is 348 g/mol. The number of anilines is 1. The number of nitrogens with zero attached hydrogens (tertiary/aromatic N) is 1. The van der Waals surface area contributed by atoms with E-state index in [2.05, 4.69) is 22.3 Å². The lowest BCUT2D eigenvalue weighted by atomic mass is 10.0. The maximum atomic E-state index is 12.0. The van der Waals surface area contributed by atoms with E-state index in [1.54, 1.807) is 0 Å². The van der Waals surface area contributed by atoms with Crippen LogP contribution in [-0.2, 0) is 17.6 Å². The van der Waals surface area contributed by atoms with Crippen LogP contribution in [0.25, 0.3) is 0 Å². The average Bonchev–Trinajstić information content (AvgIpc) is 2.88. The first kappa shape index (κ1) is 17.5. The van der Waals surface area contributed by atoms with Gasteiger partial charge >= 0.3 is 6.09 Å². The van der Waals surface area contributed by atoms with E-state index in [1.165, 1.54) is 40.3 Å². The van der Waals surface area contributed by atoms with Crippen molar-refractivity contribution in [2.45, 2.75) is 63.5 Å². The predicted octanol–water partition coefficient (Wildman–Crippen LogP) is 4.00. The van der Waals surface area contributed by atoms with Crippen LogP contribution in [0.4, 0.5) is 10.5 Å². The van der Waals surface area contributed by atoms with Gasteiger partial charge in [0.15, 0.2) is 0 Å².